The molecule has 12 heteroatoms. The molecule has 0 saturated carbocycles. The Morgan fingerprint density at radius 3 is 2.41 bits per heavy atom. The number of hydrogen-bond acceptors (Lipinski definition) is 7. The van der Waals surface area contributed by atoms with Gasteiger partial charge in [0.05, 0.1) is 5.56 Å². The molecule has 2 aromatic heterocycles. The number of aromatic nitrogens is 2. The van der Waals surface area contributed by atoms with Gasteiger partial charge in [0, 0.05) is 73.2 Å². The van der Waals surface area contributed by atoms with Crippen molar-refractivity contribution in [3.05, 3.63) is 76.6 Å². The van der Waals surface area contributed by atoms with Crippen LogP contribution in [0.15, 0.2) is 48.8 Å². The number of pyridine rings is 2. The number of nitrogens with one attached hydrogen (secondary N) is 3. The molecule has 1 aromatic carbocycles. The summed E-state index contributed by atoms with van der Waals surface area (Å²) in [4.78, 5) is 25.0. The molecule has 0 unspecified atom stereocenters. The number of nitrogen functional groups attached to an aromatic ring is 1. The number of hydrogen-bond donors (Lipinski definition) is 4. The number of likely N-dealkylation sites (N-methyl/N-ethyl adjacent to an activating group) is 1. The second kappa shape index (κ2) is 12.8. The van der Waals surface area contributed by atoms with Gasteiger partial charge in [-0.05, 0) is 49.4 Å². The Hall–Kier alpha value is -4.47. The summed E-state index contributed by atoms with van der Waals surface area (Å²) in [6, 6.07) is 7.93. The molecule has 5 N–H and O–H groups in total. The number of halogens is 3. The van der Waals surface area contributed by atoms with E-state index >= 15 is 0 Å². The zero-order valence-electron chi connectivity index (χ0n) is 22.8. The van der Waals surface area contributed by atoms with E-state index in [2.05, 4.69) is 44.3 Å². The molecule has 0 atom stereocenters. The molecule has 2 amide bonds. The van der Waals surface area contributed by atoms with Crippen LogP contribution in [0.1, 0.15) is 41.7 Å². The topological polar surface area (TPSA) is 123 Å². The maximum Gasteiger partial charge on any atom is 0.416 e. The van der Waals surface area contributed by atoms with Crippen LogP contribution >= 0.6 is 0 Å². The number of anilines is 3. The molecule has 41 heavy (non-hydrogen) atoms. The van der Waals surface area contributed by atoms with Crippen molar-refractivity contribution in [2.45, 2.75) is 26.6 Å². The first kappa shape index (κ1) is 29.5. The van der Waals surface area contributed by atoms with Crippen LogP contribution in [-0.4, -0.2) is 64.2 Å². The summed E-state index contributed by atoms with van der Waals surface area (Å²) >= 11 is 0. The van der Waals surface area contributed by atoms with E-state index in [9.17, 15) is 18.0 Å². The minimum Gasteiger partial charge on any atom is -0.383 e. The smallest absolute Gasteiger partial charge is 0.383 e. The van der Waals surface area contributed by atoms with Gasteiger partial charge in [0.2, 0.25) is 0 Å². The Morgan fingerprint density at radius 2 is 1.73 bits per heavy atom. The van der Waals surface area contributed by atoms with Gasteiger partial charge in [-0.15, -0.1) is 0 Å². The van der Waals surface area contributed by atoms with Crippen molar-refractivity contribution >= 4 is 29.1 Å². The van der Waals surface area contributed by atoms with Crippen molar-refractivity contribution < 1.29 is 18.0 Å². The first-order valence-corrected chi connectivity index (χ1v) is 13.0. The zero-order valence-corrected chi connectivity index (χ0v) is 22.8. The number of carbonyl (C=O) groups excluding carboxylic acids is 1. The molecule has 3 aromatic rings. The minimum atomic E-state index is -4.57. The maximum atomic E-state index is 13.9. The van der Waals surface area contributed by atoms with E-state index in [4.69, 9.17) is 11.1 Å². The lowest BCUT2D eigenvalue weighted by Crippen LogP contribution is -2.45. The molecule has 4 rings (SSSR count). The molecule has 1 fully saturated rings. The summed E-state index contributed by atoms with van der Waals surface area (Å²) in [5, 5.41) is 12.8. The summed E-state index contributed by atoms with van der Waals surface area (Å²) in [5.74, 6) is 6.27. The van der Waals surface area contributed by atoms with Gasteiger partial charge in [-0.1, -0.05) is 24.8 Å². The van der Waals surface area contributed by atoms with Gasteiger partial charge in [0.1, 0.15) is 11.6 Å². The van der Waals surface area contributed by atoms with Crippen LogP contribution in [-0.2, 0) is 12.7 Å². The number of carbonyl (C=O) groups is 1. The van der Waals surface area contributed by atoms with Gasteiger partial charge in [-0.3, -0.25) is 10.2 Å². The normalized spacial score (nSPS) is 14.2. The largest absolute Gasteiger partial charge is 0.416 e. The van der Waals surface area contributed by atoms with Crippen LogP contribution in [0.25, 0.3) is 0 Å². The second-order valence-electron chi connectivity index (χ2n) is 9.62. The first-order chi connectivity index (χ1) is 19.5. The van der Waals surface area contributed by atoms with Crippen LogP contribution in [0.5, 0.6) is 0 Å². The van der Waals surface area contributed by atoms with Crippen LogP contribution in [0.2, 0.25) is 0 Å². The Balaban J connectivity index is 1.43. The third-order valence-corrected chi connectivity index (χ3v) is 6.65. The number of piperazine rings is 1. The molecule has 1 aliphatic heterocycles. The molecule has 1 saturated heterocycles. The van der Waals surface area contributed by atoms with Crippen molar-refractivity contribution in [1.29, 1.82) is 5.41 Å². The number of amides is 2. The van der Waals surface area contributed by atoms with Gasteiger partial charge in [0.15, 0.2) is 0 Å². The molecule has 3 heterocycles. The van der Waals surface area contributed by atoms with Gasteiger partial charge >= 0.3 is 12.2 Å². The van der Waals surface area contributed by atoms with Crippen molar-refractivity contribution in [3.63, 3.8) is 0 Å². The number of rotatable bonds is 6. The summed E-state index contributed by atoms with van der Waals surface area (Å²) in [5.41, 5.74) is 7.03. The number of benzene rings is 1. The van der Waals surface area contributed by atoms with E-state index in [1.807, 2.05) is 4.90 Å². The van der Waals surface area contributed by atoms with Crippen LogP contribution in [0.3, 0.4) is 0 Å². The number of urea groups is 1. The van der Waals surface area contributed by atoms with E-state index in [-0.39, 0.29) is 35.1 Å². The standard InChI is InChI=1S/C29H31F3N8O/c1-3-39-10-12-40(13-11-39)18-22-6-7-23(16-25(22)29(30,31)32)37-28(41)38-26-15-20(8-9-35-26)4-5-21-14-24(19(2)33)27(34)36-17-21/h6-9,14-17,33H,3,10-13,18H2,1-2H3,(H2,34,36)(H2,35,37,38,41). The monoisotopic (exact) mass is 564 g/mol. The van der Waals surface area contributed by atoms with E-state index in [0.29, 0.717) is 29.8 Å². The Kier molecular flexibility index (Phi) is 9.21. The van der Waals surface area contributed by atoms with Gasteiger partial charge < -0.3 is 21.4 Å². The Morgan fingerprint density at radius 1 is 1.02 bits per heavy atom. The highest BCUT2D eigenvalue weighted by Gasteiger charge is 2.34. The molecule has 0 spiro atoms. The highest BCUT2D eigenvalue weighted by molar-refractivity contribution is 6.00. The summed E-state index contributed by atoms with van der Waals surface area (Å²) in [6.07, 6.45) is -1.62. The lowest BCUT2D eigenvalue weighted by molar-refractivity contribution is -0.138. The Labute approximate surface area is 236 Å². The predicted molar refractivity (Wildman–Crippen MR) is 153 cm³/mol. The quantitative estimate of drug-likeness (QED) is 0.255. The van der Waals surface area contributed by atoms with Crippen molar-refractivity contribution in [1.82, 2.24) is 19.8 Å². The lowest BCUT2D eigenvalue weighted by atomic mass is 10.0. The third kappa shape index (κ3) is 8.03. The average molecular weight is 565 g/mol. The van der Waals surface area contributed by atoms with E-state index in [0.717, 1.165) is 25.7 Å². The van der Waals surface area contributed by atoms with E-state index in [1.54, 1.807) is 19.1 Å². The second-order valence-corrected chi connectivity index (χ2v) is 9.62. The third-order valence-electron chi connectivity index (χ3n) is 6.65. The molecule has 0 radical (unpaired) electrons. The molecule has 0 aliphatic carbocycles. The van der Waals surface area contributed by atoms with Crippen molar-refractivity contribution in [3.8, 4) is 11.8 Å². The van der Waals surface area contributed by atoms with Crippen LogP contribution < -0.4 is 16.4 Å². The van der Waals surface area contributed by atoms with Gasteiger partial charge in [-0.2, -0.15) is 13.2 Å². The van der Waals surface area contributed by atoms with E-state index in [1.165, 1.54) is 30.6 Å². The zero-order chi connectivity index (χ0) is 29.6. The lowest BCUT2D eigenvalue weighted by Gasteiger charge is -2.34. The van der Waals surface area contributed by atoms with Crippen LogP contribution in [0.4, 0.5) is 35.3 Å². The molecule has 9 nitrogen and oxygen atoms in total. The molecular weight excluding hydrogens is 533 g/mol. The summed E-state index contributed by atoms with van der Waals surface area (Å²) < 4.78 is 41.7. The van der Waals surface area contributed by atoms with Crippen LogP contribution in [0, 0.1) is 17.3 Å². The minimum absolute atomic E-state index is 0.0125. The fraction of sp³-hybridized carbons (Fsp3) is 0.310. The molecule has 0 bridgehead atoms. The fourth-order valence-electron chi connectivity index (χ4n) is 4.40. The highest BCUT2D eigenvalue weighted by Crippen LogP contribution is 2.34. The number of alkyl halides is 3. The Bertz CT molecular complexity index is 1490. The van der Waals surface area contributed by atoms with E-state index < -0.39 is 17.8 Å². The summed E-state index contributed by atoms with van der Waals surface area (Å²) in [6.45, 7) is 7.82. The summed E-state index contributed by atoms with van der Waals surface area (Å²) in [7, 11) is 0. The van der Waals surface area contributed by atoms with Gasteiger partial charge in [-0.25, -0.2) is 14.8 Å². The molecular formula is C29H31F3N8O. The molecule has 214 valence electrons. The highest BCUT2D eigenvalue weighted by atomic mass is 19.4. The predicted octanol–water partition coefficient (Wildman–Crippen LogP) is 4.65. The maximum absolute atomic E-state index is 13.9. The number of nitrogens with two attached hydrogens (primary N) is 1. The molecule has 1 aliphatic rings. The van der Waals surface area contributed by atoms with Crippen molar-refractivity contribution in [2.75, 3.05) is 49.1 Å². The first-order valence-electron chi connectivity index (χ1n) is 13.0. The number of nitrogens with zero attached hydrogens (tertiary/aromatic N) is 4. The average Bonchev–Trinajstić information content (AvgIpc) is 2.93. The van der Waals surface area contributed by atoms with Gasteiger partial charge in [0.25, 0.3) is 0 Å². The fourth-order valence-corrected chi connectivity index (χ4v) is 4.40. The van der Waals surface area contributed by atoms with Crippen molar-refractivity contribution in [2.24, 2.45) is 0 Å². The SMILES string of the molecule is CCN1CCN(Cc2ccc(NC(=O)Nc3cc(C#Cc4cnc(N)c(C(C)=N)c4)ccn3)cc2C(F)(F)F)CC1.